The molecule has 0 spiro atoms. The average Bonchev–Trinajstić information content (AvgIpc) is 2.88. The number of nitrogen functional groups attached to an aromatic ring is 1. The maximum Gasteiger partial charge on any atom is 0.232 e. The summed E-state index contributed by atoms with van der Waals surface area (Å²) in [5.41, 5.74) is 7.95. The number of nitrogens with zero attached hydrogens (tertiary/aromatic N) is 6. The second-order valence-corrected chi connectivity index (χ2v) is 7.47. The Balaban J connectivity index is 1.49. The third-order valence-electron chi connectivity index (χ3n) is 4.50. The molecule has 0 saturated carbocycles. The van der Waals surface area contributed by atoms with Gasteiger partial charge in [0.2, 0.25) is 11.9 Å². The SMILES string of the molecule is Cc1ccccc1Nc1nc(N)nc(CSc2nnc3n2CCCCC3)n1. The molecule has 4 rings (SSSR count). The molecule has 0 bridgehead atoms. The van der Waals surface area contributed by atoms with Crippen molar-refractivity contribution in [3.8, 4) is 0 Å². The molecule has 0 saturated heterocycles. The lowest BCUT2D eigenvalue weighted by Crippen LogP contribution is -2.07. The van der Waals surface area contributed by atoms with Crippen LogP contribution in [0.3, 0.4) is 0 Å². The zero-order chi connectivity index (χ0) is 18.6. The van der Waals surface area contributed by atoms with E-state index in [1.807, 2.05) is 31.2 Å². The summed E-state index contributed by atoms with van der Waals surface area (Å²) < 4.78 is 2.22. The number of nitrogens with two attached hydrogens (primary N) is 1. The number of benzene rings is 1. The minimum atomic E-state index is 0.205. The molecule has 1 aliphatic heterocycles. The molecule has 3 aromatic rings. The van der Waals surface area contributed by atoms with Crippen LogP contribution in [-0.4, -0.2) is 29.7 Å². The van der Waals surface area contributed by atoms with Gasteiger partial charge in [-0.3, -0.25) is 0 Å². The van der Waals surface area contributed by atoms with Crippen LogP contribution in [0.4, 0.5) is 17.6 Å². The van der Waals surface area contributed by atoms with Crippen molar-refractivity contribution in [1.29, 1.82) is 0 Å². The van der Waals surface area contributed by atoms with Crippen molar-refractivity contribution in [1.82, 2.24) is 29.7 Å². The highest BCUT2D eigenvalue weighted by Gasteiger charge is 2.16. The number of anilines is 3. The molecule has 0 fully saturated rings. The van der Waals surface area contributed by atoms with E-state index in [0.717, 1.165) is 35.2 Å². The lowest BCUT2D eigenvalue weighted by molar-refractivity contribution is 0.591. The van der Waals surface area contributed by atoms with E-state index in [9.17, 15) is 0 Å². The Hall–Kier alpha value is -2.68. The summed E-state index contributed by atoms with van der Waals surface area (Å²) >= 11 is 1.58. The standard InChI is InChI=1S/C18H22N8S/c1-12-7-4-5-8-13(12)20-17-22-14(21-16(19)23-17)11-27-18-25-24-15-9-3-2-6-10-26(15)18/h4-5,7-8H,2-3,6,9-11H2,1H3,(H3,19,20,21,22,23). The van der Waals surface area contributed by atoms with Gasteiger partial charge in [-0.25, -0.2) is 0 Å². The summed E-state index contributed by atoms with van der Waals surface area (Å²) in [6.07, 6.45) is 4.59. The molecule has 0 unspecified atom stereocenters. The van der Waals surface area contributed by atoms with Crippen LogP contribution in [0.2, 0.25) is 0 Å². The topological polar surface area (TPSA) is 107 Å². The molecule has 9 heteroatoms. The minimum Gasteiger partial charge on any atom is -0.368 e. The van der Waals surface area contributed by atoms with Crippen molar-refractivity contribution in [2.75, 3.05) is 11.1 Å². The first-order valence-corrected chi connectivity index (χ1v) is 10.1. The molecule has 140 valence electrons. The molecule has 8 nitrogen and oxygen atoms in total. The number of para-hydroxylation sites is 1. The van der Waals surface area contributed by atoms with Gasteiger partial charge in [-0.15, -0.1) is 10.2 Å². The molecule has 0 radical (unpaired) electrons. The van der Waals surface area contributed by atoms with Gasteiger partial charge >= 0.3 is 0 Å². The van der Waals surface area contributed by atoms with Gasteiger partial charge in [0.05, 0.1) is 5.75 Å². The van der Waals surface area contributed by atoms with Crippen LogP contribution >= 0.6 is 11.8 Å². The largest absolute Gasteiger partial charge is 0.368 e. The van der Waals surface area contributed by atoms with Crippen LogP contribution in [0, 0.1) is 6.92 Å². The second-order valence-electron chi connectivity index (χ2n) is 6.52. The Kier molecular flexibility index (Phi) is 5.19. The summed E-state index contributed by atoms with van der Waals surface area (Å²) in [5.74, 6) is 2.92. The van der Waals surface area contributed by atoms with E-state index in [1.54, 1.807) is 11.8 Å². The molecule has 3 heterocycles. The highest BCUT2D eigenvalue weighted by atomic mass is 32.2. The molecule has 2 aromatic heterocycles. The molecule has 3 N–H and O–H groups in total. The molecule has 0 amide bonds. The first kappa shape index (κ1) is 17.7. The zero-order valence-electron chi connectivity index (χ0n) is 15.2. The van der Waals surface area contributed by atoms with Gasteiger partial charge in [0.25, 0.3) is 0 Å². The maximum absolute atomic E-state index is 5.89. The zero-order valence-corrected chi connectivity index (χ0v) is 16.0. The van der Waals surface area contributed by atoms with Crippen molar-refractivity contribution in [3.05, 3.63) is 41.5 Å². The van der Waals surface area contributed by atoms with E-state index in [2.05, 4.69) is 35.0 Å². The van der Waals surface area contributed by atoms with Crippen LogP contribution < -0.4 is 11.1 Å². The van der Waals surface area contributed by atoms with Crippen molar-refractivity contribution in [2.45, 2.75) is 50.1 Å². The van der Waals surface area contributed by atoms with Gasteiger partial charge in [-0.2, -0.15) is 15.0 Å². The van der Waals surface area contributed by atoms with Gasteiger partial charge in [0, 0.05) is 18.7 Å². The van der Waals surface area contributed by atoms with Crippen molar-refractivity contribution < 1.29 is 0 Å². The molecular formula is C18H22N8S. The minimum absolute atomic E-state index is 0.205. The Morgan fingerprint density at radius 2 is 2.00 bits per heavy atom. The smallest absolute Gasteiger partial charge is 0.232 e. The first-order valence-electron chi connectivity index (χ1n) is 9.07. The summed E-state index contributed by atoms with van der Waals surface area (Å²) in [6, 6.07) is 7.97. The monoisotopic (exact) mass is 382 g/mol. The first-order chi connectivity index (χ1) is 13.2. The average molecular weight is 382 g/mol. The maximum atomic E-state index is 5.89. The van der Waals surface area contributed by atoms with E-state index in [-0.39, 0.29) is 5.95 Å². The van der Waals surface area contributed by atoms with Gasteiger partial charge < -0.3 is 15.6 Å². The van der Waals surface area contributed by atoms with Crippen LogP contribution in [0.5, 0.6) is 0 Å². The Labute approximate surface area is 162 Å². The number of aromatic nitrogens is 6. The fraction of sp³-hybridized carbons (Fsp3) is 0.389. The van der Waals surface area contributed by atoms with Crippen LogP contribution in [-0.2, 0) is 18.7 Å². The number of hydrogen-bond acceptors (Lipinski definition) is 8. The summed E-state index contributed by atoms with van der Waals surface area (Å²) in [5, 5.41) is 12.8. The lowest BCUT2D eigenvalue weighted by atomic mass is 10.2. The van der Waals surface area contributed by atoms with Crippen molar-refractivity contribution in [3.63, 3.8) is 0 Å². The van der Waals surface area contributed by atoms with Crippen LogP contribution in [0.25, 0.3) is 0 Å². The Morgan fingerprint density at radius 1 is 1.11 bits per heavy atom. The number of fused-ring (bicyclic) bond motifs is 1. The Bertz CT molecular complexity index is 939. The molecule has 1 aromatic carbocycles. The number of hydrogen-bond donors (Lipinski definition) is 2. The van der Waals surface area contributed by atoms with E-state index in [0.29, 0.717) is 17.5 Å². The highest BCUT2D eigenvalue weighted by molar-refractivity contribution is 7.98. The summed E-state index contributed by atoms with van der Waals surface area (Å²) in [7, 11) is 0. The molecule has 0 aliphatic carbocycles. The predicted octanol–water partition coefficient (Wildman–Crippen LogP) is 3.12. The van der Waals surface area contributed by atoms with Gasteiger partial charge in [0.1, 0.15) is 11.6 Å². The van der Waals surface area contributed by atoms with Crippen molar-refractivity contribution >= 4 is 29.3 Å². The van der Waals surface area contributed by atoms with Crippen LogP contribution in [0.15, 0.2) is 29.4 Å². The fourth-order valence-corrected chi connectivity index (χ4v) is 3.92. The second kappa shape index (κ2) is 7.91. The van der Waals surface area contributed by atoms with Crippen LogP contribution in [0.1, 0.15) is 36.5 Å². The number of rotatable bonds is 5. The fourth-order valence-electron chi connectivity index (χ4n) is 3.09. The third kappa shape index (κ3) is 4.19. The number of thioether (sulfide) groups is 1. The molecule has 0 atom stereocenters. The number of nitrogens with one attached hydrogen (secondary N) is 1. The lowest BCUT2D eigenvalue weighted by Gasteiger charge is -2.09. The van der Waals surface area contributed by atoms with Gasteiger partial charge in [0.15, 0.2) is 5.16 Å². The van der Waals surface area contributed by atoms with Gasteiger partial charge in [-0.1, -0.05) is 36.4 Å². The molecule has 27 heavy (non-hydrogen) atoms. The summed E-state index contributed by atoms with van der Waals surface area (Å²) in [6.45, 7) is 3.00. The Morgan fingerprint density at radius 3 is 2.89 bits per heavy atom. The van der Waals surface area contributed by atoms with E-state index < -0.39 is 0 Å². The van der Waals surface area contributed by atoms with Gasteiger partial charge in [-0.05, 0) is 31.4 Å². The molecule has 1 aliphatic rings. The predicted molar refractivity (Wildman–Crippen MR) is 106 cm³/mol. The molecular weight excluding hydrogens is 360 g/mol. The van der Waals surface area contributed by atoms with E-state index in [4.69, 9.17) is 5.73 Å². The quantitative estimate of drug-likeness (QED) is 0.648. The van der Waals surface area contributed by atoms with Crippen molar-refractivity contribution in [2.24, 2.45) is 0 Å². The summed E-state index contributed by atoms with van der Waals surface area (Å²) in [4.78, 5) is 13.0. The van der Waals surface area contributed by atoms with E-state index in [1.165, 1.54) is 19.3 Å². The third-order valence-corrected chi connectivity index (χ3v) is 5.46. The number of aryl methyl sites for hydroxylation is 2. The highest BCUT2D eigenvalue weighted by Crippen LogP contribution is 2.25. The normalized spacial score (nSPS) is 13.8. The van der Waals surface area contributed by atoms with E-state index >= 15 is 0 Å².